The SMILES string of the molecule is CCOP(=O)(OCC)c1cc2ccc(F)cc2[nH]c1=O. The summed E-state index contributed by atoms with van der Waals surface area (Å²) in [6.07, 6.45) is 0. The van der Waals surface area contributed by atoms with Crippen LogP contribution < -0.4 is 10.9 Å². The quantitative estimate of drug-likeness (QED) is 0.862. The summed E-state index contributed by atoms with van der Waals surface area (Å²) in [6.45, 7) is 3.63. The third kappa shape index (κ3) is 2.82. The molecule has 108 valence electrons. The number of aromatic amines is 1. The fraction of sp³-hybridized carbons (Fsp3) is 0.308. The van der Waals surface area contributed by atoms with Gasteiger partial charge in [-0.25, -0.2) is 4.39 Å². The number of nitrogens with one attached hydrogen (secondary N) is 1. The van der Waals surface area contributed by atoms with Crippen LogP contribution in [0.5, 0.6) is 0 Å². The molecular weight excluding hydrogens is 284 g/mol. The van der Waals surface area contributed by atoms with Crippen LogP contribution in [0.15, 0.2) is 29.1 Å². The van der Waals surface area contributed by atoms with Crippen LogP contribution in [-0.4, -0.2) is 18.2 Å². The van der Waals surface area contributed by atoms with E-state index in [2.05, 4.69) is 4.98 Å². The summed E-state index contributed by atoms with van der Waals surface area (Å²) < 4.78 is 36.0. The lowest BCUT2D eigenvalue weighted by molar-refractivity contribution is 0.229. The van der Waals surface area contributed by atoms with Gasteiger partial charge < -0.3 is 14.0 Å². The first-order valence-corrected chi connectivity index (χ1v) is 7.76. The van der Waals surface area contributed by atoms with Gasteiger partial charge >= 0.3 is 7.60 Å². The summed E-state index contributed by atoms with van der Waals surface area (Å²) in [5, 5.41) is 0.487. The molecule has 0 spiro atoms. The Morgan fingerprint density at radius 3 is 2.45 bits per heavy atom. The maximum atomic E-state index is 13.1. The molecule has 1 N–H and O–H groups in total. The number of H-pyrrole nitrogens is 1. The van der Waals surface area contributed by atoms with E-state index in [4.69, 9.17) is 9.05 Å². The van der Waals surface area contributed by atoms with Crippen molar-refractivity contribution in [1.29, 1.82) is 0 Å². The van der Waals surface area contributed by atoms with Crippen LogP contribution in [0.25, 0.3) is 10.9 Å². The Hall–Kier alpha value is -1.49. The van der Waals surface area contributed by atoms with Crippen molar-refractivity contribution in [2.24, 2.45) is 0 Å². The number of fused-ring (bicyclic) bond motifs is 1. The van der Waals surface area contributed by atoms with Crippen molar-refractivity contribution in [3.05, 3.63) is 40.4 Å². The standard InChI is InChI=1S/C13H15FNO4P/c1-3-18-20(17,19-4-2)12-7-9-5-6-10(14)8-11(9)15-13(12)16/h5-8H,3-4H2,1-2H3,(H,15,16). The number of hydrogen-bond acceptors (Lipinski definition) is 4. The van der Waals surface area contributed by atoms with Gasteiger partial charge in [-0.1, -0.05) is 0 Å². The Balaban J connectivity index is 2.64. The van der Waals surface area contributed by atoms with Gasteiger partial charge in [0.25, 0.3) is 5.56 Å². The van der Waals surface area contributed by atoms with Crippen LogP contribution in [0.3, 0.4) is 0 Å². The maximum Gasteiger partial charge on any atom is 0.366 e. The average Bonchev–Trinajstić information content (AvgIpc) is 2.38. The average molecular weight is 299 g/mol. The highest BCUT2D eigenvalue weighted by atomic mass is 31.2. The minimum Gasteiger partial charge on any atom is -0.321 e. The van der Waals surface area contributed by atoms with Crippen molar-refractivity contribution in [2.75, 3.05) is 13.2 Å². The summed E-state index contributed by atoms with van der Waals surface area (Å²) in [4.78, 5) is 14.5. The Morgan fingerprint density at radius 1 is 1.20 bits per heavy atom. The molecule has 1 heterocycles. The molecule has 2 rings (SSSR count). The molecule has 0 aliphatic carbocycles. The largest absolute Gasteiger partial charge is 0.366 e. The predicted molar refractivity (Wildman–Crippen MR) is 75.0 cm³/mol. The van der Waals surface area contributed by atoms with Gasteiger partial charge in [-0.3, -0.25) is 9.36 Å². The lowest BCUT2D eigenvalue weighted by Crippen LogP contribution is -2.29. The first kappa shape index (κ1) is 14.9. The number of halogens is 1. The zero-order valence-electron chi connectivity index (χ0n) is 11.2. The second-order valence-electron chi connectivity index (χ2n) is 4.05. The Labute approximate surface area is 115 Å². The Kier molecular flexibility index (Phi) is 4.38. The zero-order valence-corrected chi connectivity index (χ0v) is 12.1. The van der Waals surface area contributed by atoms with Gasteiger partial charge in [0.1, 0.15) is 11.1 Å². The monoisotopic (exact) mass is 299 g/mol. The number of rotatable bonds is 5. The van der Waals surface area contributed by atoms with Gasteiger partial charge in [0.05, 0.1) is 18.7 Å². The summed E-state index contributed by atoms with van der Waals surface area (Å²) in [7, 11) is -3.66. The normalized spacial score (nSPS) is 11.9. The lowest BCUT2D eigenvalue weighted by Gasteiger charge is -2.16. The van der Waals surface area contributed by atoms with E-state index in [1.165, 1.54) is 24.3 Å². The van der Waals surface area contributed by atoms with Crippen LogP contribution in [0, 0.1) is 5.82 Å². The van der Waals surface area contributed by atoms with Crippen LogP contribution >= 0.6 is 7.60 Å². The molecule has 5 nitrogen and oxygen atoms in total. The Bertz CT molecular complexity index is 718. The number of aromatic nitrogens is 1. The van der Waals surface area contributed by atoms with Crippen molar-refractivity contribution in [3.63, 3.8) is 0 Å². The Morgan fingerprint density at radius 2 is 1.85 bits per heavy atom. The summed E-state index contributed by atoms with van der Waals surface area (Å²) >= 11 is 0. The van der Waals surface area contributed by atoms with E-state index in [0.29, 0.717) is 10.9 Å². The summed E-state index contributed by atoms with van der Waals surface area (Å²) in [6, 6.07) is 5.37. The number of pyridine rings is 1. The van der Waals surface area contributed by atoms with Crippen molar-refractivity contribution in [2.45, 2.75) is 13.8 Å². The molecular formula is C13H15FNO4P. The molecule has 0 amide bonds. The van der Waals surface area contributed by atoms with Crippen LogP contribution in [0.4, 0.5) is 4.39 Å². The number of benzene rings is 1. The molecule has 1 aromatic carbocycles. The molecule has 1 aromatic heterocycles. The van der Waals surface area contributed by atoms with Gasteiger partial charge in [-0.2, -0.15) is 0 Å². The van der Waals surface area contributed by atoms with Crippen molar-refractivity contribution in [1.82, 2.24) is 4.98 Å². The molecule has 0 saturated heterocycles. The van der Waals surface area contributed by atoms with E-state index in [0.717, 1.165) is 0 Å². The van der Waals surface area contributed by atoms with Gasteiger partial charge in [-0.15, -0.1) is 0 Å². The highest BCUT2D eigenvalue weighted by Gasteiger charge is 2.30. The van der Waals surface area contributed by atoms with Gasteiger partial charge in [0, 0.05) is 0 Å². The molecule has 2 aromatic rings. The molecule has 0 fully saturated rings. The third-order valence-corrected chi connectivity index (χ3v) is 4.80. The summed E-state index contributed by atoms with van der Waals surface area (Å²) in [5.41, 5.74) is -0.272. The van der Waals surface area contributed by atoms with E-state index in [-0.39, 0.29) is 18.5 Å². The van der Waals surface area contributed by atoms with E-state index < -0.39 is 19.0 Å². The fourth-order valence-electron chi connectivity index (χ4n) is 1.88. The highest BCUT2D eigenvalue weighted by molar-refractivity contribution is 7.62. The molecule has 0 aliphatic rings. The van der Waals surface area contributed by atoms with Crippen LogP contribution in [-0.2, 0) is 13.6 Å². The predicted octanol–water partition coefficient (Wildman–Crippen LogP) is 2.56. The molecule has 0 aliphatic heterocycles. The van der Waals surface area contributed by atoms with E-state index in [1.807, 2.05) is 0 Å². The second kappa shape index (κ2) is 5.87. The maximum absolute atomic E-state index is 13.1. The molecule has 0 saturated carbocycles. The van der Waals surface area contributed by atoms with Gasteiger partial charge in [-0.05, 0) is 43.5 Å². The van der Waals surface area contributed by atoms with Crippen molar-refractivity contribution < 1.29 is 18.0 Å². The number of hydrogen-bond donors (Lipinski definition) is 1. The van der Waals surface area contributed by atoms with Gasteiger partial charge in [0.2, 0.25) is 0 Å². The smallest absolute Gasteiger partial charge is 0.321 e. The summed E-state index contributed by atoms with van der Waals surface area (Å²) in [5.74, 6) is -0.460. The molecule has 0 atom stereocenters. The van der Waals surface area contributed by atoms with E-state index >= 15 is 0 Å². The molecule has 20 heavy (non-hydrogen) atoms. The van der Waals surface area contributed by atoms with Crippen molar-refractivity contribution >= 4 is 23.8 Å². The lowest BCUT2D eigenvalue weighted by atomic mass is 10.2. The topological polar surface area (TPSA) is 68.4 Å². The van der Waals surface area contributed by atoms with Crippen LogP contribution in [0.2, 0.25) is 0 Å². The molecule has 0 bridgehead atoms. The van der Waals surface area contributed by atoms with E-state index in [1.54, 1.807) is 13.8 Å². The molecule has 7 heteroatoms. The van der Waals surface area contributed by atoms with E-state index in [9.17, 15) is 13.8 Å². The minimum absolute atomic E-state index is 0.0692. The van der Waals surface area contributed by atoms with Crippen molar-refractivity contribution in [3.8, 4) is 0 Å². The second-order valence-corrected chi connectivity index (χ2v) is 6.04. The fourth-order valence-corrected chi connectivity index (χ4v) is 3.52. The first-order valence-electron chi connectivity index (χ1n) is 6.22. The minimum atomic E-state index is -3.66. The first-order chi connectivity index (χ1) is 9.50. The van der Waals surface area contributed by atoms with Gasteiger partial charge in [0.15, 0.2) is 0 Å². The third-order valence-electron chi connectivity index (χ3n) is 2.68. The van der Waals surface area contributed by atoms with Crippen LogP contribution in [0.1, 0.15) is 13.8 Å². The zero-order chi connectivity index (χ0) is 14.8. The molecule has 0 unspecified atom stereocenters. The highest BCUT2D eigenvalue weighted by Crippen LogP contribution is 2.45. The molecule has 0 radical (unpaired) electrons.